The summed E-state index contributed by atoms with van der Waals surface area (Å²) in [4.78, 5) is 0. The van der Waals surface area contributed by atoms with Gasteiger partial charge in [0.15, 0.2) is 0 Å². The first-order chi connectivity index (χ1) is 6.29. The molecule has 1 rings (SSSR count). The number of para-hydroxylation sites is 1. The SMILES string of the molecule is C=C(CC)c1ccccc1NNC. The molecule has 0 heterocycles. The first-order valence-corrected chi connectivity index (χ1v) is 4.49. The van der Waals surface area contributed by atoms with Gasteiger partial charge >= 0.3 is 0 Å². The summed E-state index contributed by atoms with van der Waals surface area (Å²) < 4.78 is 0. The average molecular weight is 176 g/mol. The van der Waals surface area contributed by atoms with Crippen LogP contribution >= 0.6 is 0 Å². The summed E-state index contributed by atoms with van der Waals surface area (Å²) in [6, 6.07) is 8.14. The Labute approximate surface area is 79.6 Å². The zero-order chi connectivity index (χ0) is 9.68. The molecular formula is C11H16N2. The van der Waals surface area contributed by atoms with E-state index in [1.165, 1.54) is 5.56 Å². The van der Waals surface area contributed by atoms with Crippen LogP contribution in [0.15, 0.2) is 30.8 Å². The Bertz CT molecular complexity index is 292. The van der Waals surface area contributed by atoms with Gasteiger partial charge in [0.25, 0.3) is 0 Å². The van der Waals surface area contributed by atoms with Crippen molar-refractivity contribution in [3.8, 4) is 0 Å². The summed E-state index contributed by atoms with van der Waals surface area (Å²) in [5.74, 6) is 0. The van der Waals surface area contributed by atoms with Gasteiger partial charge in [-0.3, -0.25) is 0 Å². The minimum Gasteiger partial charge on any atom is -0.321 e. The van der Waals surface area contributed by atoms with Gasteiger partial charge in [0.05, 0.1) is 5.69 Å². The second kappa shape index (κ2) is 4.67. The third kappa shape index (κ3) is 2.33. The second-order valence-corrected chi connectivity index (χ2v) is 2.88. The number of benzene rings is 1. The van der Waals surface area contributed by atoms with E-state index in [0.717, 1.165) is 17.7 Å². The van der Waals surface area contributed by atoms with Crippen molar-refractivity contribution in [2.45, 2.75) is 13.3 Å². The van der Waals surface area contributed by atoms with E-state index in [-0.39, 0.29) is 0 Å². The zero-order valence-corrected chi connectivity index (χ0v) is 8.22. The van der Waals surface area contributed by atoms with Gasteiger partial charge in [-0.05, 0) is 18.1 Å². The van der Waals surface area contributed by atoms with E-state index in [1.807, 2.05) is 25.2 Å². The van der Waals surface area contributed by atoms with Gasteiger partial charge in [-0.15, -0.1) is 0 Å². The van der Waals surface area contributed by atoms with Crippen LogP contribution in [0.1, 0.15) is 18.9 Å². The monoisotopic (exact) mass is 176 g/mol. The van der Waals surface area contributed by atoms with E-state index >= 15 is 0 Å². The molecule has 1 aromatic rings. The average Bonchev–Trinajstić information content (AvgIpc) is 2.18. The number of anilines is 1. The normalized spacial score (nSPS) is 9.69. The lowest BCUT2D eigenvalue weighted by Crippen LogP contribution is -2.16. The molecule has 0 unspecified atom stereocenters. The Hall–Kier alpha value is -1.28. The first-order valence-electron chi connectivity index (χ1n) is 4.49. The molecule has 0 radical (unpaired) electrons. The van der Waals surface area contributed by atoms with Gasteiger partial charge in [0.1, 0.15) is 0 Å². The van der Waals surface area contributed by atoms with Gasteiger partial charge in [-0.25, -0.2) is 5.43 Å². The maximum absolute atomic E-state index is 4.02. The highest BCUT2D eigenvalue weighted by molar-refractivity contribution is 5.74. The van der Waals surface area contributed by atoms with Crippen LogP contribution < -0.4 is 10.9 Å². The number of nitrogens with one attached hydrogen (secondary N) is 2. The van der Waals surface area contributed by atoms with E-state index in [9.17, 15) is 0 Å². The molecule has 0 spiro atoms. The summed E-state index contributed by atoms with van der Waals surface area (Å²) in [7, 11) is 1.85. The Balaban J connectivity index is 2.97. The van der Waals surface area contributed by atoms with Crippen LogP contribution in [0.5, 0.6) is 0 Å². The molecule has 2 nitrogen and oxygen atoms in total. The van der Waals surface area contributed by atoms with Crippen LogP contribution in [0, 0.1) is 0 Å². The van der Waals surface area contributed by atoms with Crippen molar-refractivity contribution in [2.75, 3.05) is 12.5 Å². The molecule has 70 valence electrons. The first kappa shape index (κ1) is 9.81. The van der Waals surface area contributed by atoms with Crippen LogP contribution in [0.3, 0.4) is 0 Å². The maximum atomic E-state index is 4.02. The lowest BCUT2D eigenvalue weighted by Gasteiger charge is -2.11. The van der Waals surface area contributed by atoms with Crippen molar-refractivity contribution in [1.29, 1.82) is 0 Å². The molecule has 0 aliphatic heterocycles. The smallest absolute Gasteiger partial charge is 0.0562 e. The Morgan fingerprint density at radius 2 is 2.08 bits per heavy atom. The van der Waals surface area contributed by atoms with Crippen LogP contribution in [-0.2, 0) is 0 Å². The topological polar surface area (TPSA) is 24.1 Å². The predicted molar refractivity (Wildman–Crippen MR) is 58.4 cm³/mol. The van der Waals surface area contributed by atoms with Crippen molar-refractivity contribution >= 4 is 11.3 Å². The van der Waals surface area contributed by atoms with E-state index in [4.69, 9.17) is 0 Å². The quantitative estimate of drug-likeness (QED) is 0.689. The molecule has 0 atom stereocenters. The number of allylic oxidation sites excluding steroid dienone is 1. The minimum absolute atomic E-state index is 0.975. The Morgan fingerprint density at radius 1 is 1.38 bits per heavy atom. The van der Waals surface area contributed by atoms with E-state index in [1.54, 1.807) is 0 Å². The van der Waals surface area contributed by atoms with Crippen molar-refractivity contribution in [2.24, 2.45) is 0 Å². The van der Waals surface area contributed by atoms with E-state index in [2.05, 4.69) is 30.4 Å². The number of rotatable bonds is 4. The fraction of sp³-hybridized carbons (Fsp3) is 0.273. The van der Waals surface area contributed by atoms with Crippen LogP contribution in [0.25, 0.3) is 5.57 Å². The molecule has 0 aromatic heterocycles. The van der Waals surface area contributed by atoms with Gasteiger partial charge in [-0.1, -0.05) is 31.7 Å². The lowest BCUT2D eigenvalue weighted by molar-refractivity contribution is 0.982. The van der Waals surface area contributed by atoms with Crippen molar-refractivity contribution in [3.63, 3.8) is 0 Å². The van der Waals surface area contributed by atoms with E-state index in [0.29, 0.717) is 0 Å². The molecule has 0 bridgehead atoms. The lowest BCUT2D eigenvalue weighted by atomic mass is 10.0. The molecule has 0 fully saturated rings. The molecule has 0 aliphatic carbocycles. The second-order valence-electron chi connectivity index (χ2n) is 2.88. The number of hydrogen-bond donors (Lipinski definition) is 2. The Morgan fingerprint density at radius 3 is 2.69 bits per heavy atom. The minimum atomic E-state index is 0.975. The molecular weight excluding hydrogens is 160 g/mol. The molecule has 2 N–H and O–H groups in total. The standard InChI is InChI=1S/C11H16N2/c1-4-9(2)10-7-5-6-8-11(10)13-12-3/h5-8,12-13H,2,4H2,1,3H3. The van der Waals surface area contributed by atoms with Crippen molar-refractivity contribution < 1.29 is 0 Å². The summed E-state index contributed by atoms with van der Waals surface area (Å²) in [5.41, 5.74) is 9.40. The summed E-state index contributed by atoms with van der Waals surface area (Å²) >= 11 is 0. The molecule has 0 saturated carbocycles. The van der Waals surface area contributed by atoms with Gasteiger partial charge in [0.2, 0.25) is 0 Å². The molecule has 0 amide bonds. The summed E-state index contributed by atoms with van der Waals surface area (Å²) in [6.07, 6.45) is 0.975. The van der Waals surface area contributed by atoms with Crippen LogP contribution in [-0.4, -0.2) is 7.05 Å². The zero-order valence-electron chi connectivity index (χ0n) is 8.22. The predicted octanol–water partition coefficient (Wildman–Crippen LogP) is 2.66. The molecule has 0 saturated heterocycles. The number of hydrogen-bond acceptors (Lipinski definition) is 2. The van der Waals surface area contributed by atoms with Crippen LogP contribution in [0.4, 0.5) is 5.69 Å². The fourth-order valence-electron chi connectivity index (χ4n) is 1.23. The molecule has 2 heteroatoms. The van der Waals surface area contributed by atoms with Gasteiger partial charge < -0.3 is 5.43 Å². The highest BCUT2D eigenvalue weighted by atomic mass is 15.3. The third-order valence-corrected chi connectivity index (χ3v) is 1.99. The van der Waals surface area contributed by atoms with E-state index < -0.39 is 0 Å². The fourth-order valence-corrected chi connectivity index (χ4v) is 1.23. The summed E-state index contributed by atoms with van der Waals surface area (Å²) in [5, 5.41) is 0. The van der Waals surface area contributed by atoms with Gasteiger partial charge in [-0.2, -0.15) is 0 Å². The Kier molecular flexibility index (Phi) is 3.53. The molecule has 1 aromatic carbocycles. The maximum Gasteiger partial charge on any atom is 0.0562 e. The highest BCUT2D eigenvalue weighted by Gasteiger charge is 2.01. The molecule has 13 heavy (non-hydrogen) atoms. The number of hydrazine groups is 1. The van der Waals surface area contributed by atoms with Crippen molar-refractivity contribution in [3.05, 3.63) is 36.4 Å². The van der Waals surface area contributed by atoms with Gasteiger partial charge in [0, 0.05) is 12.6 Å². The highest BCUT2D eigenvalue weighted by Crippen LogP contribution is 2.23. The summed E-state index contributed by atoms with van der Waals surface area (Å²) in [6.45, 7) is 6.13. The largest absolute Gasteiger partial charge is 0.321 e. The third-order valence-electron chi connectivity index (χ3n) is 1.99. The van der Waals surface area contributed by atoms with Crippen molar-refractivity contribution in [1.82, 2.24) is 5.43 Å². The molecule has 0 aliphatic rings. The van der Waals surface area contributed by atoms with Crippen LogP contribution in [0.2, 0.25) is 0 Å².